The molecule has 1 unspecified atom stereocenters. The molecule has 0 radical (unpaired) electrons. The number of hydrogen-bond donors (Lipinski definition) is 1. The molecular formula is C23H35F3N2O5. The Hall–Kier alpha value is -1.88. The van der Waals surface area contributed by atoms with Gasteiger partial charge in [-0.15, -0.1) is 0 Å². The number of alkyl halides is 3. The summed E-state index contributed by atoms with van der Waals surface area (Å²) in [7, 11) is 3.08. The zero-order valence-electron chi connectivity index (χ0n) is 20.2. The molecule has 0 aliphatic carbocycles. The van der Waals surface area contributed by atoms with Gasteiger partial charge in [0.25, 0.3) is 0 Å². The van der Waals surface area contributed by atoms with E-state index in [4.69, 9.17) is 18.9 Å². The number of rotatable bonds is 10. The van der Waals surface area contributed by atoms with Crippen LogP contribution >= 0.6 is 0 Å². The highest BCUT2D eigenvalue weighted by Crippen LogP contribution is 2.45. The molecule has 1 aliphatic rings. The van der Waals surface area contributed by atoms with Crippen molar-refractivity contribution in [3.63, 3.8) is 0 Å². The lowest BCUT2D eigenvalue weighted by molar-refractivity contribution is -0.288. The van der Waals surface area contributed by atoms with Gasteiger partial charge in [-0.05, 0) is 31.9 Å². The van der Waals surface area contributed by atoms with E-state index in [1.54, 1.807) is 20.2 Å². The number of aryl methyl sites for hydroxylation is 1. The van der Waals surface area contributed by atoms with Gasteiger partial charge in [-0.3, -0.25) is 0 Å². The summed E-state index contributed by atoms with van der Waals surface area (Å²) in [6.07, 6.45) is -3.07. The van der Waals surface area contributed by atoms with E-state index in [1.807, 2.05) is 25.8 Å². The fourth-order valence-electron chi connectivity index (χ4n) is 3.31. The standard InChI is InChI=1S/C23H35F3N2O5/c1-7-20-32-12-21(4,13-33-20)11-31-14-22(29,23(24,25)26)17-9-16(3)18(10-19(17)30-6)27-15-28(5)8-2/h9-10,15,20,29H,7-8,11-14H2,1-6H3/b27-15+. The lowest BCUT2D eigenvalue weighted by Crippen LogP contribution is -2.48. The van der Waals surface area contributed by atoms with E-state index in [9.17, 15) is 18.3 Å². The summed E-state index contributed by atoms with van der Waals surface area (Å²) in [4.78, 5) is 6.14. The average Bonchev–Trinajstić information content (AvgIpc) is 2.77. The Labute approximate surface area is 193 Å². The Kier molecular flexibility index (Phi) is 9.15. The highest BCUT2D eigenvalue weighted by Gasteiger charge is 2.57. The third kappa shape index (κ3) is 6.59. The third-order valence-electron chi connectivity index (χ3n) is 5.66. The van der Waals surface area contributed by atoms with Crippen molar-refractivity contribution < 1.29 is 37.2 Å². The third-order valence-corrected chi connectivity index (χ3v) is 5.66. The molecule has 1 aromatic carbocycles. The molecule has 1 fully saturated rings. The summed E-state index contributed by atoms with van der Waals surface area (Å²) < 4.78 is 64.2. The van der Waals surface area contributed by atoms with Gasteiger partial charge in [-0.2, -0.15) is 13.2 Å². The molecule has 1 heterocycles. The normalized spacial score (nSPS) is 23.5. The fourth-order valence-corrected chi connectivity index (χ4v) is 3.31. The predicted octanol–water partition coefficient (Wildman–Crippen LogP) is 4.17. The van der Waals surface area contributed by atoms with Crippen LogP contribution in [0.25, 0.3) is 0 Å². The summed E-state index contributed by atoms with van der Waals surface area (Å²) in [6.45, 7) is 7.51. The van der Waals surface area contributed by atoms with Gasteiger partial charge >= 0.3 is 6.18 Å². The van der Waals surface area contributed by atoms with Crippen LogP contribution in [0.15, 0.2) is 17.1 Å². The maximum absolute atomic E-state index is 14.1. The first kappa shape index (κ1) is 27.4. The van der Waals surface area contributed by atoms with E-state index in [2.05, 4.69) is 4.99 Å². The first-order valence-corrected chi connectivity index (χ1v) is 10.9. The number of benzene rings is 1. The van der Waals surface area contributed by atoms with Crippen LogP contribution in [0.3, 0.4) is 0 Å². The van der Waals surface area contributed by atoms with E-state index in [0.29, 0.717) is 17.7 Å². The summed E-state index contributed by atoms with van der Waals surface area (Å²) in [5.74, 6) is -0.128. The van der Waals surface area contributed by atoms with Crippen molar-refractivity contribution in [3.05, 3.63) is 23.3 Å². The minimum absolute atomic E-state index is 0.0746. The van der Waals surface area contributed by atoms with Gasteiger partial charge in [0.05, 0.1) is 45.6 Å². The van der Waals surface area contributed by atoms with Gasteiger partial charge in [0.15, 0.2) is 6.29 Å². The van der Waals surface area contributed by atoms with E-state index >= 15 is 0 Å². The van der Waals surface area contributed by atoms with Crippen LogP contribution in [0.1, 0.15) is 38.3 Å². The summed E-state index contributed by atoms with van der Waals surface area (Å²) >= 11 is 0. The van der Waals surface area contributed by atoms with Gasteiger partial charge in [-0.25, -0.2) is 4.99 Å². The second-order valence-electron chi connectivity index (χ2n) is 8.78. The molecule has 33 heavy (non-hydrogen) atoms. The molecule has 10 heteroatoms. The Morgan fingerprint density at radius 3 is 2.42 bits per heavy atom. The maximum atomic E-state index is 14.1. The molecule has 1 N–H and O–H groups in total. The Bertz CT molecular complexity index is 810. The van der Waals surface area contributed by atoms with Crippen molar-refractivity contribution in [2.75, 3.05) is 47.1 Å². The lowest BCUT2D eigenvalue weighted by Gasteiger charge is -2.38. The Morgan fingerprint density at radius 1 is 1.27 bits per heavy atom. The van der Waals surface area contributed by atoms with Gasteiger partial charge in [0.1, 0.15) is 5.75 Å². The second-order valence-corrected chi connectivity index (χ2v) is 8.78. The zero-order valence-corrected chi connectivity index (χ0v) is 20.2. The topological polar surface area (TPSA) is 72.8 Å². The quantitative estimate of drug-likeness (QED) is 0.404. The van der Waals surface area contributed by atoms with E-state index in [-0.39, 0.29) is 31.9 Å². The second kappa shape index (κ2) is 11.0. The van der Waals surface area contributed by atoms with Crippen LogP contribution < -0.4 is 4.74 Å². The molecule has 188 valence electrons. The molecule has 0 saturated carbocycles. The van der Waals surface area contributed by atoms with E-state index in [0.717, 1.165) is 6.54 Å². The molecule has 2 rings (SSSR count). The lowest BCUT2D eigenvalue weighted by atomic mass is 9.90. The molecule has 0 amide bonds. The Balaban J connectivity index is 2.28. The first-order chi connectivity index (χ1) is 15.4. The largest absolute Gasteiger partial charge is 0.496 e. The molecule has 1 saturated heterocycles. The van der Waals surface area contributed by atoms with Crippen molar-refractivity contribution in [1.82, 2.24) is 4.90 Å². The molecule has 0 bridgehead atoms. The molecule has 1 aromatic rings. The van der Waals surface area contributed by atoms with E-state index < -0.39 is 29.4 Å². The number of methoxy groups -OCH3 is 1. The summed E-state index contributed by atoms with van der Waals surface area (Å²) in [5.41, 5.74) is -3.42. The van der Waals surface area contributed by atoms with E-state index in [1.165, 1.54) is 19.2 Å². The molecule has 1 atom stereocenters. The molecule has 7 nitrogen and oxygen atoms in total. The predicted molar refractivity (Wildman–Crippen MR) is 119 cm³/mol. The monoisotopic (exact) mass is 476 g/mol. The number of aliphatic hydroxyl groups is 1. The molecule has 0 aromatic heterocycles. The van der Waals surface area contributed by atoms with Crippen LogP contribution in [-0.4, -0.2) is 75.9 Å². The van der Waals surface area contributed by atoms with Crippen molar-refractivity contribution in [3.8, 4) is 5.75 Å². The van der Waals surface area contributed by atoms with Crippen molar-refractivity contribution in [1.29, 1.82) is 0 Å². The number of aliphatic imine (C=N–C) groups is 1. The maximum Gasteiger partial charge on any atom is 0.423 e. The zero-order chi connectivity index (χ0) is 24.9. The number of halogens is 3. The van der Waals surface area contributed by atoms with Crippen LogP contribution in [0, 0.1) is 12.3 Å². The highest BCUT2D eigenvalue weighted by atomic mass is 19.4. The highest BCUT2D eigenvalue weighted by molar-refractivity contribution is 5.65. The SMILES string of the molecule is CCC1OCC(C)(COCC(O)(c2cc(C)c(/N=C/N(C)CC)cc2OC)C(F)(F)F)CO1. The minimum atomic E-state index is -5.01. The van der Waals surface area contributed by atoms with Gasteiger partial charge in [0, 0.05) is 30.6 Å². The van der Waals surface area contributed by atoms with Crippen LogP contribution in [0.2, 0.25) is 0 Å². The van der Waals surface area contributed by atoms with Gasteiger partial charge in [0.2, 0.25) is 5.60 Å². The van der Waals surface area contributed by atoms with Crippen LogP contribution in [0.5, 0.6) is 5.75 Å². The number of nitrogens with zero attached hydrogens (tertiary/aromatic N) is 2. The van der Waals surface area contributed by atoms with Gasteiger partial charge in [-0.1, -0.05) is 13.8 Å². The molecule has 1 aliphatic heterocycles. The molecule has 0 spiro atoms. The first-order valence-electron chi connectivity index (χ1n) is 10.9. The minimum Gasteiger partial charge on any atom is -0.496 e. The van der Waals surface area contributed by atoms with Crippen molar-refractivity contribution >= 4 is 12.0 Å². The van der Waals surface area contributed by atoms with Gasteiger partial charge < -0.3 is 29.0 Å². The average molecular weight is 477 g/mol. The number of ether oxygens (including phenoxy) is 4. The Morgan fingerprint density at radius 2 is 1.91 bits per heavy atom. The smallest absolute Gasteiger partial charge is 0.423 e. The van der Waals surface area contributed by atoms with Crippen molar-refractivity contribution in [2.45, 2.75) is 52.2 Å². The summed E-state index contributed by atoms with van der Waals surface area (Å²) in [5, 5.41) is 10.9. The van der Waals surface area contributed by atoms with Crippen molar-refractivity contribution in [2.24, 2.45) is 10.4 Å². The fraction of sp³-hybridized carbons (Fsp3) is 0.696. The summed E-state index contributed by atoms with van der Waals surface area (Å²) in [6, 6.07) is 2.63. The van der Waals surface area contributed by atoms with Crippen LogP contribution in [0.4, 0.5) is 18.9 Å². The van der Waals surface area contributed by atoms with Crippen LogP contribution in [-0.2, 0) is 19.8 Å². The number of hydrogen-bond acceptors (Lipinski definition) is 6. The molecular weight excluding hydrogens is 441 g/mol.